The fourth-order valence-electron chi connectivity index (χ4n) is 0.265. The van der Waals surface area contributed by atoms with E-state index in [1.165, 1.54) is 0 Å². The van der Waals surface area contributed by atoms with Crippen molar-refractivity contribution in [3.05, 3.63) is 0 Å². The standard InChI is InChI=1S/C4H11N2/c1-6-4-2-3-5/h5-6H,2-4H2,1H3. The molecule has 0 amide bonds. The third kappa shape index (κ3) is 3.92. The van der Waals surface area contributed by atoms with Crippen LogP contribution >= 0.6 is 0 Å². The third-order valence-electron chi connectivity index (χ3n) is 0.604. The van der Waals surface area contributed by atoms with Crippen LogP contribution in [-0.4, -0.2) is 20.1 Å². The maximum atomic E-state index is 6.67. The van der Waals surface area contributed by atoms with E-state index in [2.05, 4.69) is 5.32 Å². The largest absolute Gasteiger partial charge is 0.320 e. The lowest BCUT2D eigenvalue weighted by Crippen LogP contribution is -2.08. The maximum absolute atomic E-state index is 6.67. The molecule has 6 heavy (non-hydrogen) atoms. The van der Waals surface area contributed by atoms with Crippen LogP contribution in [0.1, 0.15) is 6.42 Å². The summed E-state index contributed by atoms with van der Waals surface area (Å²) in [5.41, 5.74) is 6.67. The lowest BCUT2D eigenvalue weighted by atomic mass is 10.4. The second-order valence-corrected chi connectivity index (χ2v) is 1.21. The van der Waals surface area contributed by atoms with Crippen LogP contribution in [0.25, 0.3) is 0 Å². The van der Waals surface area contributed by atoms with Gasteiger partial charge >= 0.3 is 0 Å². The maximum Gasteiger partial charge on any atom is 0.0112 e. The Kier molecular flexibility index (Phi) is 4.85. The highest BCUT2D eigenvalue weighted by Crippen LogP contribution is 1.65. The zero-order valence-corrected chi connectivity index (χ0v) is 4.12. The molecule has 0 spiro atoms. The van der Waals surface area contributed by atoms with Crippen LogP contribution in [0.5, 0.6) is 0 Å². The molecule has 0 saturated heterocycles. The summed E-state index contributed by atoms with van der Waals surface area (Å²) >= 11 is 0. The molecule has 0 aliphatic rings. The first-order chi connectivity index (χ1) is 2.91. The highest BCUT2D eigenvalue weighted by Gasteiger charge is 1.74. The summed E-state index contributed by atoms with van der Waals surface area (Å²) in [6, 6.07) is 0. The van der Waals surface area contributed by atoms with Crippen LogP contribution in [0.2, 0.25) is 0 Å². The van der Waals surface area contributed by atoms with Crippen LogP contribution < -0.4 is 11.1 Å². The predicted molar refractivity (Wildman–Crippen MR) is 26.5 cm³/mol. The molecule has 2 N–H and O–H groups in total. The van der Waals surface area contributed by atoms with Crippen molar-refractivity contribution in [3.8, 4) is 0 Å². The van der Waals surface area contributed by atoms with Crippen molar-refractivity contribution in [2.24, 2.45) is 0 Å². The van der Waals surface area contributed by atoms with Crippen LogP contribution in [0.15, 0.2) is 0 Å². The zero-order chi connectivity index (χ0) is 4.83. The molecule has 2 heteroatoms. The monoisotopic (exact) mass is 87.1 g/mol. The molecule has 0 heterocycles. The van der Waals surface area contributed by atoms with Gasteiger partial charge in [-0.05, 0) is 20.0 Å². The Morgan fingerprint density at radius 3 is 2.50 bits per heavy atom. The summed E-state index contributed by atoms with van der Waals surface area (Å²) < 4.78 is 0. The van der Waals surface area contributed by atoms with Crippen molar-refractivity contribution in [1.82, 2.24) is 11.1 Å². The SMILES string of the molecule is CNCCC[NH]. The summed E-state index contributed by atoms with van der Waals surface area (Å²) in [6.45, 7) is 1.52. The first-order valence-corrected chi connectivity index (χ1v) is 2.21. The fraction of sp³-hybridized carbons (Fsp3) is 1.00. The minimum absolute atomic E-state index is 0.542. The van der Waals surface area contributed by atoms with Gasteiger partial charge in [0.1, 0.15) is 0 Å². The van der Waals surface area contributed by atoms with Crippen LogP contribution in [0.3, 0.4) is 0 Å². The fourth-order valence-corrected chi connectivity index (χ4v) is 0.265. The van der Waals surface area contributed by atoms with E-state index in [1.54, 1.807) is 0 Å². The van der Waals surface area contributed by atoms with E-state index in [0.717, 1.165) is 13.0 Å². The second-order valence-electron chi connectivity index (χ2n) is 1.21. The van der Waals surface area contributed by atoms with Gasteiger partial charge in [-0.3, -0.25) is 5.73 Å². The minimum Gasteiger partial charge on any atom is -0.320 e. The van der Waals surface area contributed by atoms with E-state index < -0.39 is 0 Å². The quantitative estimate of drug-likeness (QED) is 0.478. The second kappa shape index (κ2) is 4.92. The summed E-state index contributed by atoms with van der Waals surface area (Å²) in [7, 11) is 1.90. The van der Waals surface area contributed by atoms with Gasteiger partial charge in [0, 0.05) is 6.54 Å². The Labute approximate surface area is 38.7 Å². The molecule has 0 bridgehead atoms. The van der Waals surface area contributed by atoms with E-state index in [9.17, 15) is 0 Å². The van der Waals surface area contributed by atoms with Crippen LogP contribution in [0.4, 0.5) is 0 Å². The first-order valence-electron chi connectivity index (χ1n) is 2.21. The number of hydrogen-bond donors (Lipinski definition) is 1. The van der Waals surface area contributed by atoms with Gasteiger partial charge in [0.15, 0.2) is 0 Å². The molecule has 37 valence electrons. The summed E-state index contributed by atoms with van der Waals surface area (Å²) in [5.74, 6) is 0. The van der Waals surface area contributed by atoms with E-state index in [0.29, 0.717) is 6.54 Å². The molecule has 0 aliphatic heterocycles. The minimum atomic E-state index is 0.542. The zero-order valence-electron chi connectivity index (χ0n) is 4.12. The molecule has 0 fully saturated rings. The topological polar surface area (TPSA) is 35.8 Å². The number of rotatable bonds is 3. The molecule has 2 nitrogen and oxygen atoms in total. The summed E-state index contributed by atoms with van der Waals surface area (Å²) in [6.07, 6.45) is 0.969. The van der Waals surface area contributed by atoms with Crippen LogP contribution in [0, 0.1) is 0 Å². The molecule has 0 saturated carbocycles. The molecule has 1 radical (unpaired) electrons. The highest BCUT2D eigenvalue weighted by molar-refractivity contribution is 4.37. The van der Waals surface area contributed by atoms with Gasteiger partial charge in [0.05, 0.1) is 0 Å². The summed E-state index contributed by atoms with van der Waals surface area (Å²) in [5, 5.41) is 2.95. The van der Waals surface area contributed by atoms with Crippen LogP contribution in [-0.2, 0) is 0 Å². The first kappa shape index (κ1) is 5.92. The van der Waals surface area contributed by atoms with E-state index in [-0.39, 0.29) is 0 Å². The van der Waals surface area contributed by atoms with Gasteiger partial charge in [-0.2, -0.15) is 0 Å². The van der Waals surface area contributed by atoms with E-state index in [1.807, 2.05) is 7.05 Å². The average Bonchev–Trinajstić information content (AvgIpc) is 1.61. The Morgan fingerprint density at radius 2 is 2.33 bits per heavy atom. The van der Waals surface area contributed by atoms with Gasteiger partial charge in [-0.15, -0.1) is 0 Å². The average molecular weight is 87.1 g/mol. The highest BCUT2D eigenvalue weighted by atomic mass is 14.8. The van der Waals surface area contributed by atoms with Gasteiger partial charge in [-0.1, -0.05) is 0 Å². The van der Waals surface area contributed by atoms with Gasteiger partial charge in [-0.25, -0.2) is 0 Å². The Balaban J connectivity index is 2.34. The Hall–Kier alpha value is -0.0800. The molecule has 0 atom stereocenters. The van der Waals surface area contributed by atoms with Gasteiger partial charge < -0.3 is 5.32 Å². The van der Waals surface area contributed by atoms with E-state index in [4.69, 9.17) is 5.73 Å². The Bertz CT molecular complexity index is 17.5. The van der Waals surface area contributed by atoms with Crippen molar-refractivity contribution in [1.29, 1.82) is 0 Å². The number of hydrogen-bond acceptors (Lipinski definition) is 1. The number of nitrogens with one attached hydrogen (secondary N) is 2. The third-order valence-corrected chi connectivity index (χ3v) is 0.604. The molecule has 0 unspecified atom stereocenters. The molecular formula is C4H11N2. The van der Waals surface area contributed by atoms with Gasteiger partial charge in [0.25, 0.3) is 0 Å². The normalized spacial score (nSPS) is 9.00. The van der Waals surface area contributed by atoms with Crippen molar-refractivity contribution < 1.29 is 0 Å². The van der Waals surface area contributed by atoms with Crippen molar-refractivity contribution in [2.75, 3.05) is 20.1 Å². The molecule has 0 aromatic carbocycles. The van der Waals surface area contributed by atoms with Crippen molar-refractivity contribution in [2.45, 2.75) is 6.42 Å². The molecule has 0 aromatic rings. The lowest BCUT2D eigenvalue weighted by Gasteiger charge is -1.89. The lowest BCUT2D eigenvalue weighted by molar-refractivity contribution is 0.726. The molecule has 0 aliphatic carbocycles. The summed E-state index contributed by atoms with van der Waals surface area (Å²) in [4.78, 5) is 0. The van der Waals surface area contributed by atoms with Crippen molar-refractivity contribution in [3.63, 3.8) is 0 Å². The van der Waals surface area contributed by atoms with Gasteiger partial charge in [0.2, 0.25) is 0 Å². The smallest absolute Gasteiger partial charge is 0.0112 e. The Morgan fingerprint density at radius 1 is 1.67 bits per heavy atom. The van der Waals surface area contributed by atoms with Crippen molar-refractivity contribution >= 4 is 0 Å². The molecular weight excluding hydrogens is 76.1 g/mol. The molecule has 0 rings (SSSR count). The molecule has 0 aromatic heterocycles. The predicted octanol–water partition coefficient (Wildman–Crippen LogP) is -0.121. The van der Waals surface area contributed by atoms with E-state index >= 15 is 0 Å².